The molecule has 142 valence electrons. The summed E-state index contributed by atoms with van der Waals surface area (Å²) in [6.45, 7) is 8.88. The Bertz CT molecular complexity index is 665. The number of para-hydroxylation sites is 2. The first-order chi connectivity index (χ1) is 12.3. The first-order valence-corrected chi connectivity index (χ1v) is 8.81. The molecule has 1 aliphatic heterocycles. The normalized spacial score (nSPS) is 15.0. The van der Waals surface area contributed by atoms with Crippen LogP contribution in [0.4, 0.5) is 5.69 Å². The van der Waals surface area contributed by atoms with Crippen LogP contribution in [0.5, 0.6) is 5.75 Å². The highest BCUT2D eigenvalue weighted by Crippen LogP contribution is 2.28. The number of piperazine rings is 1. The van der Waals surface area contributed by atoms with Crippen LogP contribution in [-0.4, -0.2) is 60.3 Å². The summed E-state index contributed by atoms with van der Waals surface area (Å²) in [6, 6.07) is 7.16. The third-order valence-electron chi connectivity index (χ3n) is 4.35. The molecule has 1 aliphatic rings. The van der Waals surface area contributed by atoms with Crippen molar-refractivity contribution < 1.29 is 19.1 Å². The van der Waals surface area contributed by atoms with Crippen LogP contribution in [0.3, 0.4) is 0 Å². The van der Waals surface area contributed by atoms with Crippen molar-refractivity contribution in [3.05, 3.63) is 24.3 Å². The summed E-state index contributed by atoms with van der Waals surface area (Å²) >= 11 is 0. The quantitative estimate of drug-likeness (QED) is 0.618. The van der Waals surface area contributed by atoms with E-state index < -0.39 is 5.41 Å². The molecule has 7 heteroatoms. The van der Waals surface area contributed by atoms with Crippen LogP contribution in [0.15, 0.2) is 24.3 Å². The summed E-state index contributed by atoms with van der Waals surface area (Å²) in [7, 11) is 0. The van der Waals surface area contributed by atoms with Gasteiger partial charge in [-0.15, -0.1) is 0 Å². The van der Waals surface area contributed by atoms with E-state index in [1.807, 2.05) is 19.9 Å². The zero-order valence-electron chi connectivity index (χ0n) is 15.8. The lowest BCUT2D eigenvalue weighted by molar-refractivity contribution is -0.148. The third kappa shape index (κ3) is 4.53. The minimum atomic E-state index is -1.23. The van der Waals surface area contributed by atoms with Crippen LogP contribution in [0.1, 0.15) is 27.7 Å². The van der Waals surface area contributed by atoms with Crippen molar-refractivity contribution in [3.63, 3.8) is 0 Å². The summed E-state index contributed by atoms with van der Waals surface area (Å²) in [5.41, 5.74) is -0.688. The molecule has 0 spiro atoms. The lowest BCUT2D eigenvalue weighted by atomic mass is 9.89. The maximum Gasteiger partial charge on any atom is 0.239 e. The number of rotatable bonds is 6. The highest BCUT2D eigenvalue weighted by atomic mass is 16.5. The van der Waals surface area contributed by atoms with Crippen molar-refractivity contribution >= 4 is 23.9 Å². The van der Waals surface area contributed by atoms with Gasteiger partial charge in [-0.2, -0.15) is 0 Å². The Hall–Kier alpha value is -2.57. The third-order valence-corrected chi connectivity index (χ3v) is 4.35. The molecule has 1 aromatic rings. The number of carbonyl (C=O) groups is 3. The van der Waals surface area contributed by atoms with E-state index in [2.05, 4.69) is 5.32 Å². The number of hydrogen-bond acceptors (Lipinski definition) is 4. The number of benzene rings is 1. The molecule has 0 bridgehead atoms. The van der Waals surface area contributed by atoms with E-state index in [1.165, 1.54) is 0 Å². The van der Waals surface area contributed by atoms with Crippen LogP contribution in [0.25, 0.3) is 0 Å². The van der Waals surface area contributed by atoms with Gasteiger partial charge in [0.05, 0.1) is 11.8 Å². The van der Waals surface area contributed by atoms with Gasteiger partial charge in [0.25, 0.3) is 0 Å². The fourth-order valence-corrected chi connectivity index (χ4v) is 2.73. The van der Waals surface area contributed by atoms with Crippen molar-refractivity contribution in [2.24, 2.45) is 5.41 Å². The average Bonchev–Trinajstić information content (AvgIpc) is 2.62. The molecule has 26 heavy (non-hydrogen) atoms. The predicted octanol–water partition coefficient (Wildman–Crippen LogP) is 1.74. The van der Waals surface area contributed by atoms with Gasteiger partial charge >= 0.3 is 0 Å². The number of nitrogens with one attached hydrogen (secondary N) is 1. The molecule has 7 nitrogen and oxygen atoms in total. The second-order valence-electron chi connectivity index (χ2n) is 7.18. The average molecular weight is 361 g/mol. The second kappa shape index (κ2) is 8.21. The highest BCUT2D eigenvalue weighted by molar-refractivity contribution is 6.10. The molecule has 1 N–H and O–H groups in total. The Morgan fingerprint density at radius 2 is 1.77 bits per heavy atom. The first kappa shape index (κ1) is 19.8. The fraction of sp³-hybridized carbons (Fsp3) is 0.526. The molecule has 0 aromatic heterocycles. The lowest BCUT2D eigenvalue weighted by Gasteiger charge is -2.36. The Labute approximate surface area is 154 Å². The molecular formula is C19H27N3O4. The van der Waals surface area contributed by atoms with Gasteiger partial charge in [-0.1, -0.05) is 12.1 Å². The van der Waals surface area contributed by atoms with E-state index in [1.54, 1.807) is 41.8 Å². The van der Waals surface area contributed by atoms with Crippen LogP contribution in [0.2, 0.25) is 0 Å². The Morgan fingerprint density at radius 3 is 2.35 bits per heavy atom. The monoisotopic (exact) mass is 361 g/mol. The van der Waals surface area contributed by atoms with Gasteiger partial charge in [-0.25, -0.2) is 0 Å². The molecule has 0 saturated carbocycles. The largest absolute Gasteiger partial charge is 0.489 e. The SMILES string of the molecule is CC(C)Oc1ccccc1NC(=O)C(C)(C)C(=O)N1CCN(C=O)CC1. The van der Waals surface area contributed by atoms with Crippen LogP contribution < -0.4 is 10.1 Å². The van der Waals surface area contributed by atoms with Crippen molar-refractivity contribution in [3.8, 4) is 5.75 Å². The van der Waals surface area contributed by atoms with E-state index in [9.17, 15) is 14.4 Å². The molecule has 1 heterocycles. The van der Waals surface area contributed by atoms with Crippen LogP contribution in [0, 0.1) is 5.41 Å². The number of carbonyl (C=O) groups excluding carboxylic acids is 3. The number of amides is 3. The van der Waals surface area contributed by atoms with Gasteiger partial charge in [-0.05, 0) is 39.8 Å². The molecule has 1 saturated heterocycles. The second-order valence-corrected chi connectivity index (χ2v) is 7.18. The first-order valence-electron chi connectivity index (χ1n) is 8.81. The summed E-state index contributed by atoms with van der Waals surface area (Å²) in [5, 5.41) is 2.82. The fourth-order valence-electron chi connectivity index (χ4n) is 2.73. The minimum Gasteiger partial charge on any atom is -0.489 e. The van der Waals surface area contributed by atoms with Gasteiger partial charge in [0.2, 0.25) is 18.2 Å². The van der Waals surface area contributed by atoms with E-state index in [0.717, 1.165) is 6.41 Å². The number of hydrogen-bond donors (Lipinski definition) is 1. The van der Waals surface area contributed by atoms with Crippen molar-refractivity contribution in [1.29, 1.82) is 0 Å². The van der Waals surface area contributed by atoms with Crippen molar-refractivity contribution in [1.82, 2.24) is 9.80 Å². The summed E-state index contributed by atoms with van der Waals surface area (Å²) in [5.74, 6) is -0.0679. The smallest absolute Gasteiger partial charge is 0.239 e. The van der Waals surface area contributed by atoms with Gasteiger partial charge in [0.15, 0.2) is 0 Å². The van der Waals surface area contributed by atoms with Gasteiger partial charge < -0.3 is 19.9 Å². The molecule has 0 aliphatic carbocycles. The van der Waals surface area contributed by atoms with Crippen molar-refractivity contribution in [2.45, 2.75) is 33.8 Å². The zero-order valence-corrected chi connectivity index (χ0v) is 15.8. The minimum absolute atomic E-state index is 0.0307. The number of ether oxygens (including phenoxy) is 1. The zero-order chi connectivity index (χ0) is 19.3. The molecule has 0 unspecified atom stereocenters. The summed E-state index contributed by atoms with van der Waals surface area (Å²) < 4.78 is 5.71. The molecule has 1 aromatic carbocycles. The Kier molecular flexibility index (Phi) is 6.23. The van der Waals surface area contributed by atoms with Crippen LogP contribution >= 0.6 is 0 Å². The molecule has 1 fully saturated rings. The van der Waals surface area contributed by atoms with Crippen LogP contribution in [-0.2, 0) is 14.4 Å². The van der Waals surface area contributed by atoms with E-state index >= 15 is 0 Å². The van der Waals surface area contributed by atoms with Gasteiger partial charge in [0.1, 0.15) is 11.2 Å². The molecular weight excluding hydrogens is 334 g/mol. The maximum atomic E-state index is 12.8. The predicted molar refractivity (Wildman–Crippen MR) is 98.8 cm³/mol. The topological polar surface area (TPSA) is 79.0 Å². The van der Waals surface area contributed by atoms with E-state index in [4.69, 9.17) is 4.74 Å². The van der Waals surface area contributed by atoms with Gasteiger partial charge in [-0.3, -0.25) is 14.4 Å². The molecule has 3 amide bonds. The Morgan fingerprint density at radius 1 is 1.15 bits per heavy atom. The van der Waals surface area contributed by atoms with Gasteiger partial charge in [0, 0.05) is 26.2 Å². The lowest BCUT2D eigenvalue weighted by Crippen LogP contribution is -2.54. The number of anilines is 1. The summed E-state index contributed by atoms with van der Waals surface area (Å²) in [4.78, 5) is 39.7. The van der Waals surface area contributed by atoms with Crippen molar-refractivity contribution in [2.75, 3.05) is 31.5 Å². The van der Waals surface area contributed by atoms with E-state index in [-0.39, 0.29) is 17.9 Å². The Balaban J connectivity index is 2.08. The molecule has 0 radical (unpaired) electrons. The number of nitrogens with zero attached hydrogens (tertiary/aromatic N) is 2. The molecule has 0 atom stereocenters. The standard InChI is InChI=1S/C19H27N3O4/c1-14(2)26-16-8-6-5-7-15(16)20-17(24)19(3,4)18(25)22-11-9-21(13-23)10-12-22/h5-8,13-14H,9-12H2,1-4H3,(H,20,24). The van der Waals surface area contributed by atoms with E-state index in [0.29, 0.717) is 37.6 Å². The maximum absolute atomic E-state index is 12.8. The summed E-state index contributed by atoms with van der Waals surface area (Å²) in [6.07, 6.45) is 0.752. The highest BCUT2D eigenvalue weighted by Gasteiger charge is 2.40. The molecule has 2 rings (SSSR count).